The molecule has 2 aromatic heterocycles. The molecule has 152 valence electrons. The molecule has 7 nitrogen and oxygen atoms in total. The quantitative estimate of drug-likeness (QED) is 0.504. The summed E-state index contributed by atoms with van der Waals surface area (Å²) in [5.74, 6) is -1.33. The van der Waals surface area contributed by atoms with Gasteiger partial charge in [0.05, 0.1) is 11.7 Å². The van der Waals surface area contributed by atoms with Crippen LogP contribution in [0.15, 0.2) is 65.2 Å². The van der Waals surface area contributed by atoms with Gasteiger partial charge in [-0.25, -0.2) is 9.07 Å². The van der Waals surface area contributed by atoms with Gasteiger partial charge in [0.25, 0.3) is 0 Å². The predicted molar refractivity (Wildman–Crippen MR) is 110 cm³/mol. The fourth-order valence-electron chi connectivity index (χ4n) is 3.24. The number of halogens is 1. The van der Waals surface area contributed by atoms with Crippen molar-refractivity contribution < 1.29 is 18.4 Å². The molecule has 0 aliphatic heterocycles. The number of carbonyl (C=O) groups excluding carboxylic acids is 2. The number of carbonyl (C=O) groups is 2. The van der Waals surface area contributed by atoms with Crippen molar-refractivity contribution in [3.63, 3.8) is 0 Å². The average molecular weight is 406 g/mol. The standard InChI is InChI=1S/C22H19FN4O3/c1-13-17-12-15(23)8-9-18(17)30-20(13)14(2)24-21(28)22(29)25-19-10-11-27(26-19)16-6-4-3-5-7-16/h3-12,14H,1-2H3,(H,24,28)(H,25,26,29). The predicted octanol–water partition coefficient (Wildman–Crippen LogP) is 3.88. The lowest BCUT2D eigenvalue weighted by Gasteiger charge is -2.12. The van der Waals surface area contributed by atoms with Gasteiger partial charge in [0, 0.05) is 23.2 Å². The Bertz CT molecular complexity index is 1230. The molecule has 4 rings (SSSR count). The number of amides is 2. The number of aromatic nitrogens is 2. The molecule has 30 heavy (non-hydrogen) atoms. The molecule has 4 aromatic rings. The van der Waals surface area contributed by atoms with Gasteiger partial charge in [0.15, 0.2) is 5.82 Å². The van der Waals surface area contributed by atoms with E-state index >= 15 is 0 Å². The Morgan fingerprint density at radius 3 is 2.63 bits per heavy atom. The average Bonchev–Trinajstić information content (AvgIpc) is 3.33. The van der Waals surface area contributed by atoms with Gasteiger partial charge in [0.1, 0.15) is 17.2 Å². The second-order valence-electron chi connectivity index (χ2n) is 6.86. The van der Waals surface area contributed by atoms with Gasteiger partial charge in [-0.2, -0.15) is 5.10 Å². The van der Waals surface area contributed by atoms with Gasteiger partial charge in [-0.15, -0.1) is 0 Å². The van der Waals surface area contributed by atoms with Crippen molar-refractivity contribution in [2.75, 3.05) is 5.32 Å². The fourth-order valence-corrected chi connectivity index (χ4v) is 3.24. The van der Waals surface area contributed by atoms with Gasteiger partial charge in [-0.1, -0.05) is 18.2 Å². The van der Waals surface area contributed by atoms with Crippen molar-refractivity contribution in [3.8, 4) is 5.69 Å². The number of nitrogens with one attached hydrogen (secondary N) is 2. The third kappa shape index (κ3) is 3.80. The summed E-state index contributed by atoms with van der Waals surface area (Å²) in [6.45, 7) is 3.47. The summed E-state index contributed by atoms with van der Waals surface area (Å²) in [6, 6.07) is 14.6. The number of fused-ring (bicyclic) bond motifs is 1. The van der Waals surface area contributed by atoms with Gasteiger partial charge < -0.3 is 15.1 Å². The molecule has 0 fully saturated rings. The maximum atomic E-state index is 13.5. The van der Waals surface area contributed by atoms with Crippen molar-refractivity contribution in [2.24, 2.45) is 0 Å². The van der Waals surface area contributed by atoms with E-state index in [2.05, 4.69) is 15.7 Å². The lowest BCUT2D eigenvalue weighted by molar-refractivity contribution is -0.136. The van der Waals surface area contributed by atoms with Crippen LogP contribution in [0.2, 0.25) is 0 Å². The summed E-state index contributed by atoms with van der Waals surface area (Å²) in [5.41, 5.74) is 2.05. The molecule has 2 heterocycles. The van der Waals surface area contributed by atoms with Gasteiger partial charge in [-0.3, -0.25) is 9.59 Å². The van der Waals surface area contributed by atoms with E-state index in [-0.39, 0.29) is 11.6 Å². The zero-order valence-electron chi connectivity index (χ0n) is 16.3. The highest BCUT2D eigenvalue weighted by atomic mass is 19.1. The summed E-state index contributed by atoms with van der Waals surface area (Å²) < 4.78 is 20.8. The largest absolute Gasteiger partial charge is 0.459 e. The van der Waals surface area contributed by atoms with Crippen LogP contribution >= 0.6 is 0 Å². The van der Waals surface area contributed by atoms with Crippen LogP contribution in [0.1, 0.15) is 24.3 Å². The van der Waals surface area contributed by atoms with E-state index in [0.29, 0.717) is 22.3 Å². The number of benzene rings is 2. The van der Waals surface area contributed by atoms with Crippen molar-refractivity contribution >= 4 is 28.6 Å². The molecule has 2 N–H and O–H groups in total. The molecule has 0 saturated heterocycles. The van der Waals surface area contributed by atoms with Gasteiger partial charge in [0.2, 0.25) is 0 Å². The molecule has 0 spiro atoms. The first-order valence-corrected chi connectivity index (χ1v) is 9.34. The third-order valence-electron chi connectivity index (χ3n) is 4.73. The topological polar surface area (TPSA) is 89.2 Å². The summed E-state index contributed by atoms with van der Waals surface area (Å²) in [6.07, 6.45) is 1.68. The highest BCUT2D eigenvalue weighted by molar-refractivity contribution is 6.39. The van der Waals surface area contributed by atoms with E-state index in [9.17, 15) is 14.0 Å². The number of anilines is 1. The van der Waals surface area contributed by atoms with Crippen LogP contribution in [0.3, 0.4) is 0 Å². The van der Waals surface area contributed by atoms with E-state index < -0.39 is 17.9 Å². The number of nitrogens with zero attached hydrogens (tertiary/aromatic N) is 2. The Labute approximate surface area is 171 Å². The van der Waals surface area contributed by atoms with E-state index in [4.69, 9.17) is 4.42 Å². The third-order valence-corrected chi connectivity index (χ3v) is 4.73. The zero-order chi connectivity index (χ0) is 21.3. The van der Waals surface area contributed by atoms with Crippen LogP contribution < -0.4 is 10.6 Å². The molecule has 1 unspecified atom stereocenters. The summed E-state index contributed by atoms with van der Waals surface area (Å²) >= 11 is 0. The van der Waals surface area contributed by atoms with Crippen LogP contribution in [-0.2, 0) is 9.59 Å². The molecule has 0 bridgehead atoms. The molecular formula is C22H19FN4O3. The van der Waals surface area contributed by atoms with Gasteiger partial charge in [-0.05, 0) is 44.2 Å². The maximum Gasteiger partial charge on any atom is 0.314 e. The minimum Gasteiger partial charge on any atom is -0.459 e. The number of aryl methyl sites for hydroxylation is 1. The van der Waals surface area contributed by atoms with Crippen LogP contribution in [0.25, 0.3) is 16.7 Å². The summed E-state index contributed by atoms with van der Waals surface area (Å²) in [5, 5.41) is 9.94. The minimum atomic E-state index is -0.847. The second kappa shape index (κ2) is 7.82. The van der Waals surface area contributed by atoms with Crippen LogP contribution in [0, 0.1) is 12.7 Å². The molecule has 0 saturated carbocycles. The highest BCUT2D eigenvalue weighted by Crippen LogP contribution is 2.29. The molecular weight excluding hydrogens is 387 g/mol. The molecule has 0 radical (unpaired) electrons. The van der Waals surface area contributed by atoms with Crippen molar-refractivity contribution in [1.29, 1.82) is 0 Å². The molecule has 0 aliphatic carbocycles. The maximum absolute atomic E-state index is 13.5. The lowest BCUT2D eigenvalue weighted by atomic mass is 10.1. The van der Waals surface area contributed by atoms with Gasteiger partial charge >= 0.3 is 11.8 Å². The first-order valence-electron chi connectivity index (χ1n) is 9.34. The number of furan rings is 1. The van der Waals surface area contributed by atoms with Crippen molar-refractivity contribution in [1.82, 2.24) is 15.1 Å². The van der Waals surface area contributed by atoms with Crippen molar-refractivity contribution in [2.45, 2.75) is 19.9 Å². The smallest absolute Gasteiger partial charge is 0.314 e. The highest BCUT2D eigenvalue weighted by Gasteiger charge is 2.22. The van der Waals surface area contributed by atoms with Crippen LogP contribution in [0.4, 0.5) is 10.2 Å². The molecule has 8 heteroatoms. The Balaban J connectivity index is 1.43. The minimum absolute atomic E-state index is 0.252. The lowest BCUT2D eigenvalue weighted by Crippen LogP contribution is -2.37. The number of para-hydroxylation sites is 1. The van der Waals surface area contributed by atoms with E-state index in [1.165, 1.54) is 18.2 Å². The summed E-state index contributed by atoms with van der Waals surface area (Å²) in [4.78, 5) is 24.6. The number of hydrogen-bond acceptors (Lipinski definition) is 4. The molecule has 1 atom stereocenters. The van der Waals surface area contributed by atoms with E-state index in [1.54, 1.807) is 30.8 Å². The van der Waals surface area contributed by atoms with E-state index in [1.807, 2.05) is 30.3 Å². The summed E-state index contributed by atoms with van der Waals surface area (Å²) in [7, 11) is 0. The first-order chi connectivity index (χ1) is 14.4. The zero-order valence-corrected chi connectivity index (χ0v) is 16.3. The second-order valence-corrected chi connectivity index (χ2v) is 6.86. The Morgan fingerprint density at radius 2 is 1.87 bits per heavy atom. The van der Waals surface area contributed by atoms with Crippen LogP contribution in [0.5, 0.6) is 0 Å². The monoisotopic (exact) mass is 406 g/mol. The SMILES string of the molecule is Cc1c(C(C)NC(=O)C(=O)Nc2ccn(-c3ccccc3)n2)oc2ccc(F)cc12. The molecule has 2 aromatic carbocycles. The Kier molecular flexibility index (Phi) is 5.05. The first kappa shape index (κ1) is 19.4. The van der Waals surface area contributed by atoms with Crippen LogP contribution in [-0.4, -0.2) is 21.6 Å². The Hall–Kier alpha value is -3.94. The van der Waals surface area contributed by atoms with E-state index in [0.717, 1.165) is 5.69 Å². The number of rotatable bonds is 4. The number of hydrogen-bond donors (Lipinski definition) is 2. The molecule has 2 amide bonds. The van der Waals surface area contributed by atoms with Crippen molar-refractivity contribution in [3.05, 3.63) is 77.9 Å². The molecule has 0 aliphatic rings. The normalized spacial score (nSPS) is 12.0. The Morgan fingerprint density at radius 1 is 1.10 bits per heavy atom. The fraction of sp³-hybridized carbons (Fsp3) is 0.136.